The molecule has 27 heavy (non-hydrogen) atoms. The van der Waals surface area contributed by atoms with E-state index in [1.807, 2.05) is 19.1 Å². The first-order valence-electron chi connectivity index (χ1n) is 8.62. The average Bonchev–Trinajstić information content (AvgIpc) is 3.04. The molecule has 1 atom stereocenters. The maximum atomic E-state index is 13.1. The van der Waals surface area contributed by atoms with E-state index in [2.05, 4.69) is 5.32 Å². The maximum absolute atomic E-state index is 13.1. The second kappa shape index (κ2) is 6.39. The highest BCUT2D eigenvalue weighted by Crippen LogP contribution is 2.31. The monoisotopic (exact) mass is 363 g/mol. The van der Waals surface area contributed by atoms with Crippen LogP contribution in [0.2, 0.25) is 0 Å². The average molecular weight is 363 g/mol. The van der Waals surface area contributed by atoms with Crippen LogP contribution in [-0.2, 0) is 11.2 Å². The highest BCUT2D eigenvalue weighted by atomic mass is 16.5. The van der Waals surface area contributed by atoms with Crippen molar-refractivity contribution in [2.24, 2.45) is 0 Å². The summed E-state index contributed by atoms with van der Waals surface area (Å²) in [7, 11) is 1.31. The highest BCUT2D eigenvalue weighted by molar-refractivity contribution is 5.99. The van der Waals surface area contributed by atoms with Crippen molar-refractivity contribution in [1.29, 1.82) is 0 Å². The smallest absolute Gasteiger partial charge is 0.337 e. The topological polar surface area (TPSA) is 85.6 Å². The van der Waals surface area contributed by atoms with Gasteiger partial charge in [0, 0.05) is 0 Å². The maximum Gasteiger partial charge on any atom is 0.337 e. The van der Waals surface area contributed by atoms with Gasteiger partial charge in [0.15, 0.2) is 5.43 Å². The van der Waals surface area contributed by atoms with Gasteiger partial charge in [-0.15, -0.1) is 0 Å². The van der Waals surface area contributed by atoms with E-state index < -0.39 is 17.9 Å². The van der Waals surface area contributed by atoms with Crippen molar-refractivity contribution in [3.05, 3.63) is 80.7 Å². The molecule has 136 valence electrons. The number of amides is 1. The van der Waals surface area contributed by atoms with Crippen molar-refractivity contribution >= 4 is 22.8 Å². The molecule has 1 aliphatic heterocycles. The number of methoxy groups -OCH3 is 1. The van der Waals surface area contributed by atoms with E-state index in [-0.39, 0.29) is 11.2 Å². The number of rotatable bonds is 3. The van der Waals surface area contributed by atoms with Crippen molar-refractivity contribution in [2.75, 3.05) is 7.11 Å². The third kappa shape index (κ3) is 2.70. The zero-order valence-corrected chi connectivity index (χ0v) is 14.9. The first-order valence-corrected chi connectivity index (χ1v) is 8.62. The number of benzene rings is 2. The van der Waals surface area contributed by atoms with Gasteiger partial charge in [0.05, 0.1) is 29.7 Å². The summed E-state index contributed by atoms with van der Waals surface area (Å²) >= 11 is 0. The molecule has 6 heteroatoms. The van der Waals surface area contributed by atoms with Gasteiger partial charge in [0.25, 0.3) is 5.91 Å². The Kier molecular flexibility index (Phi) is 4.03. The number of esters is 1. The lowest BCUT2D eigenvalue weighted by Gasteiger charge is -2.12. The number of fused-ring (bicyclic) bond motifs is 2. The van der Waals surface area contributed by atoms with Gasteiger partial charge < -0.3 is 14.5 Å². The highest BCUT2D eigenvalue weighted by Gasteiger charge is 2.35. The second-order valence-corrected chi connectivity index (χ2v) is 6.38. The predicted octanol–water partition coefficient (Wildman–Crippen LogP) is 2.97. The summed E-state index contributed by atoms with van der Waals surface area (Å²) in [4.78, 5) is 37.1. The molecule has 0 bridgehead atoms. The van der Waals surface area contributed by atoms with Gasteiger partial charge in [-0.2, -0.15) is 0 Å². The zero-order chi connectivity index (χ0) is 19.1. The molecule has 2 aromatic carbocycles. The Hall–Kier alpha value is -3.41. The molecular formula is C21H17NO5. The molecule has 1 aliphatic rings. The van der Waals surface area contributed by atoms with Crippen LogP contribution in [0.25, 0.3) is 11.0 Å². The Bertz CT molecular complexity index is 1130. The molecule has 2 heterocycles. The van der Waals surface area contributed by atoms with Crippen LogP contribution < -0.4 is 10.7 Å². The van der Waals surface area contributed by atoms with Crippen molar-refractivity contribution in [2.45, 2.75) is 19.4 Å². The van der Waals surface area contributed by atoms with E-state index in [1.165, 1.54) is 7.11 Å². The molecule has 0 saturated heterocycles. The fraction of sp³-hybridized carbons (Fsp3) is 0.190. The summed E-state index contributed by atoms with van der Waals surface area (Å²) in [5.41, 5.74) is 2.57. The Morgan fingerprint density at radius 3 is 2.56 bits per heavy atom. The molecule has 1 aromatic heterocycles. The molecule has 0 spiro atoms. The van der Waals surface area contributed by atoms with Gasteiger partial charge in [0.1, 0.15) is 5.58 Å². The Balaban J connectivity index is 1.86. The van der Waals surface area contributed by atoms with Crippen LogP contribution in [0.1, 0.15) is 50.6 Å². The fourth-order valence-corrected chi connectivity index (χ4v) is 3.36. The van der Waals surface area contributed by atoms with Gasteiger partial charge in [0.2, 0.25) is 5.76 Å². The third-order valence-electron chi connectivity index (χ3n) is 4.83. The molecule has 0 radical (unpaired) electrons. The van der Waals surface area contributed by atoms with Crippen LogP contribution in [0.5, 0.6) is 0 Å². The van der Waals surface area contributed by atoms with Gasteiger partial charge in [-0.1, -0.05) is 25.1 Å². The minimum absolute atomic E-state index is 0.0405. The minimum atomic E-state index is -0.620. The number of carbonyl (C=O) groups excluding carboxylic acids is 2. The molecule has 1 unspecified atom stereocenters. The fourth-order valence-electron chi connectivity index (χ4n) is 3.36. The summed E-state index contributed by atoms with van der Waals surface area (Å²) in [6.07, 6.45) is 0.794. The summed E-state index contributed by atoms with van der Waals surface area (Å²) in [6, 6.07) is 11.4. The van der Waals surface area contributed by atoms with Gasteiger partial charge in [-0.05, 0) is 41.8 Å². The van der Waals surface area contributed by atoms with Crippen LogP contribution in [0.3, 0.4) is 0 Å². The van der Waals surface area contributed by atoms with Crippen LogP contribution in [0.4, 0.5) is 0 Å². The summed E-state index contributed by atoms with van der Waals surface area (Å²) < 4.78 is 10.4. The molecule has 1 N–H and O–H groups in total. The van der Waals surface area contributed by atoms with Crippen molar-refractivity contribution < 1.29 is 18.7 Å². The molecule has 0 fully saturated rings. The van der Waals surface area contributed by atoms with Gasteiger partial charge in [-0.25, -0.2) is 4.79 Å². The first-order chi connectivity index (χ1) is 13.0. The summed E-state index contributed by atoms with van der Waals surface area (Å²) in [6.45, 7) is 2.01. The first kappa shape index (κ1) is 17.0. The van der Waals surface area contributed by atoms with Gasteiger partial charge in [-0.3, -0.25) is 9.59 Å². The third-order valence-corrected chi connectivity index (χ3v) is 4.83. The van der Waals surface area contributed by atoms with E-state index in [9.17, 15) is 14.4 Å². The van der Waals surface area contributed by atoms with Crippen molar-refractivity contribution in [3.63, 3.8) is 0 Å². The quantitative estimate of drug-likeness (QED) is 0.723. The van der Waals surface area contributed by atoms with Crippen molar-refractivity contribution in [3.8, 4) is 0 Å². The number of ether oxygens (including phenoxy) is 1. The molecular weight excluding hydrogens is 346 g/mol. The number of aryl methyl sites for hydroxylation is 1. The predicted molar refractivity (Wildman–Crippen MR) is 99.0 cm³/mol. The van der Waals surface area contributed by atoms with Gasteiger partial charge >= 0.3 is 5.97 Å². The second-order valence-electron chi connectivity index (χ2n) is 6.38. The Morgan fingerprint density at radius 1 is 1.15 bits per heavy atom. The molecule has 4 rings (SSSR count). The van der Waals surface area contributed by atoms with E-state index in [4.69, 9.17) is 9.15 Å². The minimum Gasteiger partial charge on any atom is -0.465 e. The Morgan fingerprint density at radius 2 is 1.89 bits per heavy atom. The number of nitrogens with one attached hydrogen (secondary N) is 1. The molecule has 3 aromatic rings. The van der Waals surface area contributed by atoms with E-state index in [0.717, 1.165) is 12.0 Å². The van der Waals surface area contributed by atoms with Crippen molar-refractivity contribution in [1.82, 2.24) is 5.32 Å². The molecule has 6 nitrogen and oxygen atoms in total. The van der Waals surface area contributed by atoms with E-state index >= 15 is 0 Å². The number of hydrogen-bond donors (Lipinski definition) is 1. The lowest BCUT2D eigenvalue weighted by molar-refractivity contribution is 0.0600. The largest absolute Gasteiger partial charge is 0.465 e. The molecule has 0 aliphatic carbocycles. The lowest BCUT2D eigenvalue weighted by Crippen LogP contribution is -2.22. The lowest BCUT2D eigenvalue weighted by atomic mass is 9.98. The molecule has 0 saturated carbocycles. The SMILES string of the molecule is CCc1ccc2oc3c(c(=O)c2c1)C(c1ccc(C(=O)OC)cc1)NC3=O. The van der Waals surface area contributed by atoms with E-state index in [1.54, 1.807) is 30.3 Å². The molecule has 1 amide bonds. The number of carbonyl (C=O) groups is 2. The number of hydrogen-bond acceptors (Lipinski definition) is 5. The van der Waals surface area contributed by atoms with Crippen LogP contribution in [0.15, 0.2) is 51.7 Å². The Labute approximate surface area is 154 Å². The zero-order valence-electron chi connectivity index (χ0n) is 14.9. The van der Waals surface area contributed by atoms with E-state index in [0.29, 0.717) is 27.7 Å². The van der Waals surface area contributed by atoms with Crippen LogP contribution in [-0.4, -0.2) is 19.0 Å². The van der Waals surface area contributed by atoms with Crippen LogP contribution >= 0.6 is 0 Å². The summed E-state index contributed by atoms with van der Waals surface area (Å²) in [5, 5.41) is 3.25. The van der Waals surface area contributed by atoms with Crippen LogP contribution in [0, 0.1) is 0 Å². The summed E-state index contributed by atoms with van der Waals surface area (Å²) in [5.74, 6) is -0.834. The standard InChI is InChI=1S/C21H17NO5/c1-3-11-4-9-15-14(10-11)18(23)16-17(22-20(24)19(16)27-15)12-5-7-13(8-6-12)21(25)26-2/h4-10,17H,3H2,1-2H3,(H,22,24). The normalized spacial score (nSPS) is 15.5.